The number of hydrogen-bond donors (Lipinski definition) is 2. The van der Waals surface area contributed by atoms with Gasteiger partial charge < -0.3 is 25.4 Å². The van der Waals surface area contributed by atoms with E-state index < -0.39 is 11.9 Å². The van der Waals surface area contributed by atoms with Crippen molar-refractivity contribution in [2.24, 2.45) is 5.73 Å². The second kappa shape index (κ2) is 10.9. The monoisotopic (exact) mass is 469 g/mol. The van der Waals surface area contributed by atoms with E-state index in [-0.39, 0.29) is 18.4 Å². The lowest BCUT2D eigenvalue weighted by Crippen LogP contribution is -2.43. The number of anilines is 1. The summed E-state index contributed by atoms with van der Waals surface area (Å²) in [7, 11) is 1.48. The molecule has 1 heterocycles. The minimum atomic E-state index is -0.591. The summed E-state index contributed by atoms with van der Waals surface area (Å²) in [6.07, 6.45) is 3.07. The molecule has 8 nitrogen and oxygen atoms in total. The topological polar surface area (TPSA) is 111 Å². The zero-order chi connectivity index (χ0) is 24.0. The van der Waals surface area contributed by atoms with Crippen LogP contribution < -0.4 is 20.5 Å². The zero-order valence-corrected chi connectivity index (χ0v) is 19.6. The Kier molecular flexibility index (Phi) is 8.00. The maximum atomic E-state index is 12.8. The summed E-state index contributed by atoms with van der Waals surface area (Å²) in [4.78, 5) is 38.1. The molecule has 33 heavy (non-hydrogen) atoms. The summed E-state index contributed by atoms with van der Waals surface area (Å²) in [6, 6.07) is 10.2. The Morgan fingerprint density at radius 1 is 1.15 bits per heavy atom. The molecular formula is C24H27N3O5S. The standard InChI is InChI=1S/C24H27N3O5S/c1-15-4-7-18(10-16(15)2)26-24(30)19-13-33-14-27(19)23(29)9-6-17-5-8-20(21(11-17)31-3)32-12-22(25)28/h4-11,19H,12-14H2,1-3H3,(H2,25,28)(H,26,30)/b9-6+. The number of benzene rings is 2. The van der Waals surface area contributed by atoms with Crippen LogP contribution in [0.1, 0.15) is 16.7 Å². The minimum Gasteiger partial charge on any atom is -0.493 e. The van der Waals surface area contributed by atoms with Crippen molar-refractivity contribution < 1.29 is 23.9 Å². The smallest absolute Gasteiger partial charge is 0.255 e. The Morgan fingerprint density at radius 2 is 1.94 bits per heavy atom. The van der Waals surface area contributed by atoms with E-state index in [0.717, 1.165) is 11.1 Å². The normalized spacial score (nSPS) is 15.5. The third kappa shape index (κ3) is 6.29. The predicted molar refractivity (Wildman–Crippen MR) is 129 cm³/mol. The van der Waals surface area contributed by atoms with E-state index in [9.17, 15) is 14.4 Å². The molecule has 1 aliphatic heterocycles. The molecule has 2 aromatic carbocycles. The number of thioether (sulfide) groups is 1. The van der Waals surface area contributed by atoms with Crippen molar-refractivity contribution in [1.29, 1.82) is 0 Å². The maximum absolute atomic E-state index is 12.8. The number of carbonyl (C=O) groups excluding carboxylic acids is 3. The highest BCUT2D eigenvalue weighted by Gasteiger charge is 2.33. The summed E-state index contributed by atoms with van der Waals surface area (Å²) in [5.41, 5.74) is 8.76. The quantitative estimate of drug-likeness (QED) is 0.575. The van der Waals surface area contributed by atoms with Crippen molar-refractivity contribution in [3.8, 4) is 11.5 Å². The minimum absolute atomic E-state index is 0.206. The van der Waals surface area contributed by atoms with E-state index >= 15 is 0 Å². The van der Waals surface area contributed by atoms with Crippen LogP contribution in [0, 0.1) is 13.8 Å². The first-order chi connectivity index (χ1) is 15.8. The van der Waals surface area contributed by atoms with E-state index in [0.29, 0.717) is 34.4 Å². The number of hydrogen-bond acceptors (Lipinski definition) is 6. The van der Waals surface area contributed by atoms with Crippen LogP contribution in [0.2, 0.25) is 0 Å². The van der Waals surface area contributed by atoms with Gasteiger partial charge in [-0.05, 0) is 60.9 Å². The average molecular weight is 470 g/mol. The molecule has 1 unspecified atom stereocenters. The van der Waals surface area contributed by atoms with Crippen LogP contribution in [0.4, 0.5) is 5.69 Å². The molecule has 1 fully saturated rings. The molecule has 1 aliphatic rings. The SMILES string of the molecule is COc1cc(/C=C/C(=O)N2CSCC2C(=O)Nc2ccc(C)c(C)c2)ccc1OCC(N)=O. The predicted octanol–water partition coefficient (Wildman–Crippen LogP) is 2.73. The molecule has 0 aromatic heterocycles. The molecule has 3 N–H and O–H groups in total. The largest absolute Gasteiger partial charge is 0.493 e. The highest BCUT2D eigenvalue weighted by atomic mass is 32.2. The van der Waals surface area contributed by atoms with Crippen LogP contribution in [-0.2, 0) is 14.4 Å². The average Bonchev–Trinajstić information content (AvgIpc) is 3.29. The third-order valence-electron chi connectivity index (χ3n) is 5.22. The van der Waals surface area contributed by atoms with Gasteiger partial charge in [-0.3, -0.25) is 14.4 Å². The molecule has 0 radical (unpaired) electrons. The maximum Gasteiger partial charge on any atom is 0.255 e. The Balaban J connectivity index is 1.66. The van der Waals surface area contributed by atoms with Crippen molar-refractivity contribution in [3.63, 3.8) is 0 Å². The molecule has 2 aromatic rings. The van der Waals surface area contributed by atoms with E-state index in [4.69, 9.17) is 15.2 Å². The van der Waals surface area contributed by atoms with E-state index in [1.165, 1.54) is 24.9 Å². The molecule has 174 valence electrons. The van der Waals surface area contributed by atoms with Crippen molar-refractivity contribution in [1.82, 2.24) is 4.90 Å². The zero-order valence-electron chi connectivity index (χ0n) is 18.8. The lowest BCUT2D eigenvalue weighted by atomic mass is 10.1. The molecule has 3 rings (SSSR count). The number of methoxy groups -OCH3 is 1. The summed E-state index contributed by atoms with van der Waals surface area (Å²) in [5, 5.41) is 2.92. The number of amides is 3. The van der Waals surface area contributed by atoms with Gasteiger partial charge in [-0.1, -0.05) is 12.1 Å². The van der Waals surface area contributed by atoms with Crippen molar-refractivity contribution >= 4 is 41.2 Å². The van der Waals surface area contributed by atoms with Gasteiger partial charge in [0.1, 0.15) is 6.04 Å². The van der Waals surface area contributed by atoms with Gasteiger partial charge >= 0.3 is 0 Å². The van der Waals surface area contributed by atoms with Gasteiger partial charge in [0.15, 0.2) is 18.1 Å². The Morgan fingerprint density at radius 3 is 2.64 bits per heavy atom. The van der Waals surface area contributed by atoms with Gasteiger partial charge in [-0.25, -0.2) is 0 Å². The lowest BCUT2D eigenvalue weighted by molar-refractivity contribution is -0.132. The highest BCUT2D eigenvalue weighted by Crippen LogP contribution is 2.29. The molecule has 0 bridgehead atoms. The van der Waals surface area contributed by atoms with Crippen LogP contribution in [0.3, 0.4) is 0 Å². The molecule has 0 spiro atoms. The van der Waals surface area contributed by atoms with Crippen LogP contribution in [0.25, 0.3) is 6.08 Å². The molecule has 1 saturated heterocycles. The van der Waals surface area contributed by atoms with E-state index in [2.05, 4.69) is 5.32 Å². The van der Waals surface area contributed by atoms with Gasteiger partial charge in [-0.15, -0.1) is 11.8 Å². The number of rotatable bonds is 8. The number of nitrogens with one attached hydrogen (secondary N) is 1. The van der Waals surface area contributed by atoms with Gasteiger partial charge in [0.2, 0.25) is 11.8 Å². The number of aryl methyl sites for hydroxylation is 2. The lowest BCUT2D eigenvalue weighted by Gasteiger charge is -2.22. The second-order valence-electron chi connectivity index (χ2n) is 7.61. The first kappa shape index (κ1) is 24.2. The van der Waals surface area contributed by atoms with Gasteiger partial charge in [-0.2, -0.15) is 0 Å². The molecule has 0 aliphatic carbocycles. The molecule has 0 saturated carbocycles. The Labute approximate surface area is 197 Å². The van der Waals surface area contributed by atoms with E-state index in [1.807, 2.05) is 32.0 Å². The fourth-order valence-electron chi connectivity index (χ4n) is 3.24. The van der Waals surface area contributed by atoms with Crippen LogP contribution in [-0.4, -0.2) is 54.0 Å². The van der Waals surface area contributed by atoms with Crippen LogP contribution in [0.5, 0.6) is 11.5 Å². The number of primary amides is 1. The molecule has 1 atom stereocenters. The Hall–Kier alpha value is -3.46. The van der Waals surface area contributed by atoms with Crippen molar-refractivity contribution in [2.45, 2.75) is 19.9 Å². The fraction of sp³-hybridized carbons (Fsp3) is 0.292. The second-order valence-corrected chi connectivity index (χ2v) is 8.61. The first-order valence-corrected chi connectivity index (χ1v) is 11.5. The number of ether oxygens (including phenoxy) is 2. The van der Waals surface area contributed by atoms with E-state index in [1.54, 1.807) is 29.2 Å². The summed E-state index contributed by atoms with van der Waals surface area (Å²) in [6.45, 7) is 3.74. The highest BCUT2D eigenvalue weighted by molar-refractivity contribution is 7.99. The van der Waals surface area contributed by atoms with Crippen LogP contribution in [0.15, 0.2) is 42.5 Å². The number of nitrogens with zero attached hydrogens (tertiary/aromatic N) is 1. The van der Waals surface area contributed by atoms with Gasteiger partial charge in [0.25, 0.3) is 5.91 Å². The third-order valence-corrected chi connectivity index (χ3v) is 6.23. The first-order valence-electron chi connectivity index (χ1n) is 10.3. The van der Waals surface area contributed by atoms with Gasteiger partial charge in [0.05, 0.1) is 13.0 Å². The van der Waals surface area contributed by atoms with Crippen molar-refractivity contribution in [2.75, 3.05) is 30.7 Å². The van der Waals surface area contributed by atoms with Crippen molar-refractivity contribution in [3.05, 3.63) is 59.2 Å². The number of carbonyl (C=O) groups is 3. The number of nitrogens with two attached hydrogens (primary N) is 1. The molecule has 3 amide bonds. The van der Waals surface area contributed by atoms with Crippen LogP contribution >= 0.6 is 11.8 Å². The summed E-state index contributed by atoms with van der Waals surface area (Å²) >= 11 is 1.54. The van der Waals surface area contributed by atoms with Gasteiger partial charge in [0, 0.05) is 17.5 Å². The molecule has 9 heteroatoms. The molecular weight excluding hydrogens is 442 g/mol. The fourth-order valence-corrected chi connectivity index (χ4v) is 4.40. The summed E-state index contributed by atoms with van der Waals surface area (Å²) < 4.78 is 10.6. The Bertz CT molecular complexity index is 1090. The summed E-state index contributed by atoms with van der Waals surface area (Å²) in [5.74, 6) is 0.710.